The minimum absolute atomic E-state index is 0.390. The lowest BCUT2D eigenvalue weighted by molar-refractivity contribution is -0.109. The molecule has 0 saturated heterocycles. The monoisotopic (exact) mass is 425 g/mol. The molecule has 4 N–H and O–H groups in total. The lowest BCUT2D eigenvalue weighted by atomic mass is 9.93. The number of carbonyl (C=O) groups is 1. The van der Waals surface area contributed by atoms with Crippen LogP contribution in [0.5, 0.6) is 0 Å². The highest BCUT2D eigenvalue weighted by Gasteiger charge is 2.29. The first-order valence-electron chi connectivity index (χ1n) is 9.45. The van der Waals surface area contributed by atoms with Crippen LogP contribution in [0.15, 0.2) is 31.2 Å². The molecule has 0 bridgehead atoms. The van der Waals surface area contributed by atoms with Crippen molar-refractivity contribution in [2.75, 3.05) is 7.05 Å². The van der Waals surface area contributed by atoms with E-state index in [0.717, 1.165) is 34.9 Å². The summed E-state index contributed by atoms with van der Waals surface area (Å²) in [7, 11) is 1.09. The average molecular weight is 426 g/mol. The summed E-state index contributed by atoms with van der Waals surface area (Å²) in [6, 6.07) is 0. The number of aliphatic imine (C=N–C) groups is 1. The molecule has 1 fully saturated rings. The first-order chi connectivity index (χ1) is 13.2. The Hall–Kier alpha value is -1.42. The van der Waals surface area contributed by atoms with Gasteiger partial charge in [-0.25, -0.2) is 9.35 Å². The Kier molecular flexibility index (Phi) is 8.06. The molecule has 9 heteroatoms. The maximum absolute atomic E-state index is 10.5. The van der Waals surface area contributed by atoms with Crippen LogP contribution >= 0.6 is 11.3 Å². The minimum Gasteiger partial charge on any atom is -0.383 e. The number of nitrogens with one attached hydrogen (secondary N) is 1. The third-order valence-corrected chi connectivity index (χ3v) is 7.45. The predicted molar refractivity (Wildman–Crippen MR) is 116 cm³/mol. The summed E-state index contributed by atoms with van der Waals surface area (Å²) >= 11 is 1.40. The molecular formula is C19H31N5O2S2. The molecule has 1 aromatic rings. The van der Waals surface area contributed by atoms with E-state index >= 15 is 0 Å². The first-order valence-corrected chi connectivity index (χ1v) is 11.5. The van der Waals surface area contributed by atoms with Crippen LogP contribution in [0.4, 0.5) is 0 Å². The highest BCUT2D eigenvalue weighted by atomic mass is 32.2. The first kappa shape index (κ1) is 22.9. The number of amides is 1. The quantitative estimate of drug-likeness (QED) is 0.628. The molecule has 7 nitrogen and oxygen atoms in total. The normalized spacial score (nSPS) is 20.4. The van der Waals surface area contributed by atoms with Crippen LogP contribution in [-0.4, -0.2) is 29.3 Å². The maximum atomic E-state index is 10.5. The van der Waals surface area contributed by atoms with Crippen molar-refractivity contribution in [3.05, 3.63) is 22.6 Å². The molecule has 0 spiro atoms. The van der Waals surface area contributed by atoms with Gasteiger partial charge in [0.25, 0.3) is 0 Å². The van der Waals surface area contributed by atoms with E-state index in [1.807, 2.05) is 0 Å². The molecule has 0 radical (unpaired) electrons. The van der Waals surface area contributed by atoms with E-state index in [-0.39, 0.29) is 0 Å². The largest absolute Gasteiger partial charge is 0.383 e. The molecule has 2 heterocycles. The zero-order valence-electron chi connectivity index (χ0n) is 17.2. The van der Waals surface area contributed by atoms with Crippen LogP contribution in [0.2, 0.25) is 0 Å². The van der Waals surface area contributed by atoms with Crippen molar-refractivity contribution in [2.45, 2.75) is 63.2 Å². The number of thiazole rings is 1. The summed E-state index contributed by atoms with van der Waals surface area (Å²) in [4.78, 5) is 19.3. The maximum Gasteiger partial charge on any atom is 0.211 e. The second kappa shape index (κ2) is 9.87. The van der Waals surface area contributed by atoms with Gasteiger partial charge in [-0.15, -0.1) is 11.3 Å². The number of rotatable bonds is 5. The van der Waals surface area contributed by atoms with Crippen molar-refractivity contribution < 1.29 is 9.90 Å². The van der Waals surface area contributed by atoms with Crippen LogP contribution < -0.4 is 10.5 Å². The van der Waals surface area contributed by atoms with Crippen molar-refractivity contribution in [1.29, 1.82) is 0 Å². The lowest BCUT2D eigenvalue weighted by Gasteiger charge is -2.23. The molecule has 1 saturated carbocycles. The van der Waals surface area contributed by atoms with Gasteiger partial charge in [-0.1, -0.05) is 13.8 Å². The fraction of sp³-hybridized carbons (Fsp3) is 0.632. The SMILES string of the molecule is CC(C)C1=C(NC=O)CC2CCCC2=N1.CN=S(N)c1cnc(C(C)(C)O)s1. The van der Waals surface area contributed by atoms with Gasteiger partial charge >= 0.3 is 0 Å². The number of nitrogens with zero attached hydrogens (tertiary/aromatic N) is 3. The smallest absolute Gasteiger partial charge is 0.211 e. The second-order valence-corrected chi connectivity index (χ2v) is 10.4. The van der Waals surface area contributed by atoms with Gasteiger partial charge in [0.1, 0.15) is 14.8 Å². The number of hydrogen-bond acceptors (Lipinski definition) is 6. The topological polar surface area (TPSA) is 113 Å². The van der Waals surface area contributed by atoms with E-state index in [0.29, 0.717) is 16.8 Å². The Morgan fingerprint density at radius 1 is 1.50 bits per heavy atom. The standard InChI is InChI=1S/C12H18N2O.C7H13N3OS2/c1-8(2)12-11(13-7-15)6-9-4-3-5-10(9)14-12;1-7(2,11)6-10-4-5(12-6)13(8)9-3/h7-9H,3-6H2,1-2H3,(H,13,15);4,11H,1-3H3,(H2,8,9). The van der Waals surface area contributed by atoms with Crippen molar-refractivity contribution in [2.24, 2.45) is 26.3 Å². The summed E-state index contributed by atoms with van der Waals surface area (Å²) in [5.41, 5.74) is 2.59. The molecule has 2 atom stereocenters. The van der Waals surface area contributed by atoms with Crippen LogP contribution in [0.25, 0.3) is 0 Å². The summed E-state index contributed by atoms with van der Waals surface area (Å²) in [6.07, 6.45) is 7.05. The van der Waals surface area contributed by atoms with Gasteiger partial charge in [-0.05, 0) is 45.4 Å². The van der Waals surface area contributed by atoms with Crippen LogP contribution in [0.1, 0.15) is 58.4 Å². The van der Waals surface area contributed by atoms with E-state index in [1.165, 1.54) is 29.9 Å². The number of nitrogens with two attached hydrogens (primary N) is 1. The van der Waals surface area contributed by atoms with E-state index in [2.05, 4.69) is 28.5 Å². The second-order valence-electron chi connectivity index (χ2n) is 7.72. The van der Waals surface area contributed by atoms with E-state index in [1.54, 1.807) is 27.1 Å². The van der Waals surface area contributed by atoms with Gasteiger partial charge < -0.3 is 10.4 Å². The van der Waals surface area contributed by atoms with Crippen LogP contribution in [0.3, 0.4) is 0 Å². The van der Waals surface area contributed by atoms with Crippen LogP contribution in [-0.2, 0) is 21.3 Å². The lowest BCUT2D eigenvalue weighted by Crippen LogP contribution is -2.24. The molecule has 1 amide bonds. The summed E-state index contributed by atoms with van der Waals surface area (Å²) in [5.74, 6) is 0.983. The van der Waals surface area contributed by atoms with Gasteiger partial charge in [0.2, 0.25) is 6.41 Å². The van der Waals surface area contributed by atoms with E-state index in [4.69, 9.17) is 10.1 Å². The van der Waals surface area contributed by atoms with Gasteiger partial charge in [-0.3, -0.25) is 14.9 Å². The van der Waals surface area contributed by atoms with Crippen LogP contribution in [0, 0.1) is 11.8 Å². The molecular weight excluding hydrogens is 394 g/mol. The van der Waals surface area contributed by atoms with Gasteiger partial charge in [0.15, 0.2) is 0 Å². The van der Waals surface area contributed by atoms with Crippen molar-refractivity contribution in [3.8, 4) is 0 Å². The molecule has 2 unspecified atom stereocenters. The predicted octanol–water partition coefficient (Wildman–Crippen LogP) is 3.28. The molecule has 2 aliphatic rings. The average Bonchev–Trinajstić information content (AvgIpc) is 3.29. The van der Waals surface area contributed by atoms with Gasteiger partial charge in [0.05, 0.1) is 11.9 Å². The van der Waals surface area contributed by atoms with Crippen molar-refractivity contribution >= 4 is 34.3 Å². The highest BCUT2D eigenvalue weighted by molar-refractivity contribution is 7.87. The fourth-order valence-electron chi connectivity index (χ4n) is 3.25. The third-order valence-electron chi connectivity index (χ3n) is 4.67. The summed E-state index contributed by atoms with van der Waals surface area (Å²) < 4.78 is 4.85. The fourth-order valence-corrected chi connectivity index (χ4v) is 5.04. The molecule has 3 rings (SSSR count). The van der Waals surface area contributed by atoms with Gasteiger partial charge in [0, 0.05) is 35.3 Å². The van der Waals surface area contributed by atoms with E-state index < -0.39 is 16.5 Å². The number of allylic oxidation sites excluding steroid dienone is 2. The Morgan fingerprint density at radius 2 is 2.21 bits per heavy atom. The Morgan fingerprint density at radius 3 is 2.75 bits per heavy atom. The Bertz CT molecular complexity index is 790. The highest BCUT2D eigenvalue weighted by Crippen LogP contribution is 2.35. The molecule has 1 aliphatic heterocycles. The zero-order valence-corrected chi connectivity index (χ0v) is 18.9. The number of carbonyl (C=O) groups excluding carboxylic acids is 1. The molecule has 0 aromatic carbocycles. The number of aromatic nitrogens is 1. The Labute approximate surface area is 173 Å². The third kappa shape index (κ3) is 5.79. The number of fused-ring (bicyclic) bond motifs is 1. The van der Waals surface area contributed by atoms with Gasteiger partial charge in [-0.2, -0.15) is 0 Å². The molecule has 1 aromatic heterocycles. The number of aliphatic hydroxyl groups is 1. The van der Waals surface area contributed by atoms with Crippen molar-refractivity contribution in [3.63, 3.8) is 0 Å². The molecule has 1 aliphatic carbocycles. The molecule has 156 valence electrons. The molecule has 28 heavy (non-hydrogen) atoms. The Balaban J connectivity index is 0.000000203. The van der Waals surface area contributed by atoms with E-state index in [9.17, 15) is 9.90 Å². The summed E-state index contributed by atoms with van der Waals surface area (Å²) in [6.45, 7) is 7.66. The minimum atomic E-state index is -0.888. The number of hydrogen-bond donors (Lipinski definition) is 3. The summed E-state index contributed by atoms with van der Waals surface area (Å²) in [5, 5.41) is 18.8. The van der Waals surface area contributed by atoms with Crippen molar-refractivity contribution in [1.82, 2.24) is 10.3 Å². The zero-order chi connectivity index (χ0) is 20.9.